The third kappa shape index (κ3) is 1.95. The van der Waals surface area contributed by atoms with Gasteiger partial charge in [-0.25, -0.2) is 0 Å². The Morgan fingerprint density at radius 1 is 1.13 bits per heavy atom. The van der Waals surface area contributed by atoms with Gasteiger partial charge in [0.1, 0.15) is 0 Å². The molecule has 0 fully saturated rings. The molecule has 0 radical (unpaired) electrons. The van der Waals surface area contributed by atoms with Crippen molar-refractivity contribution in [1.82, 2.24) is 4.98 Å². The Kier molecular flexibility index (Phi) is 2.60. The number of hydrogen-bond donors (Lipinski definition) is 2. The highest BCUT2D eigenvalue weighted by Gasteiger charge is 2.03. The van der Waals surface area contributed by atoms with Crippen molar-refractivity contribution in [2.45, 2.75) is 20.4 Å². The van der Waals surface area contributed by atoms with Crippen LogP contribution in [0.15, 0.2) is 30.3 Å². The van der Waals surface area contributed by atoms with Gasteiger partial charge in [0.15, 0.2) is 0 Å². The molecule has 0 spiro atoms. The lowest BCUT2D eigenvalue weighted by molar-refractivity contribution is 1.01. The first-order valence-electron chi connectivity index (χ1n) is 5.16. The Morgan fingerprint density at radius 2 is 1.93 bits per heavy atom. The quantitative estimate of drug-likeness (QED) is 0.769. The van der Waals surface area contributed by atoms with Crippen molar-refractivity contribution in [3.8, 4) is 11.3 Å². The topological polar surface area (TPSA) is 41.8 Å². The van der Waals surface area contributed by atoms with Crippen LogP contribution in [0.5, 0.6) is 0 Å². The third-order valence-corrected chi connectivity index (χ3v) is 2.64. The number of aromatic amines is 1. The molecule has 0 aliphatic rings. The number of benzene rings is 1. The lowest BCUT2D eigenvalue weighted by atomic mass is 10.0. The maximum absolute atomic E-state index is 5.57. The van der Waals surface area contributed by atoms with Gasteiger partial charge in [-0.05, 0) is 31.5 Å². The molecule has 0 aliphatic heterocycles. The summed E-state index contributed by atoms with van der Waals surface area (Å²) in [6, 6.07) is 10.6. The van der Waals surface area contributed by atoms with Crippen molar-refractivity contribution in [2.24, 2.45) is 5.73 Å². The summed E-state index contributed by atoms with van der Waals surface area (Å²) in [5.41, 5.74) is 11.6. The van der Waals surface area contributed by atoms with E-state index in [-0.39, 0.29) is 0 Å². The van der Waals surface area contributed by atoms with Gasteiger partial charge in [-0.1, -0.05) is 23.8 Å². The highest BCUT2D eigenvalue weighted by Crippen LogP contribution is 2.23. The maximum Gasteiger partial charge on any atom is 0.0459 e. The zero-order valence-electron chi connectivity index (χ0n) is 9.17. The Labute approximate surface area is 90.1 Å². The van der Waals surface area contributed by atoms with Crippen molar-refractivity contribution < 1.29 is 0 Å². The van der Waals surface area contributed by atoms with Gasteiger partial charge < -0.3 is 10.7 Å². The van der Waals surface area contributed by atoms with Crippen molar-refractivity contribution >= 4 is 0 Å². The largest absolute Gasteiger partial charge is 0.357 e. The second-order valence-corrected chi connectivity index (χ2v) is 3.92. The maximum atomic E-state index is 5.57. The minimum absolute atomic E-state index is 0.560. The molecule has 0 unspecified atom stereocenters. The Balaban J connectivity index is 2.44. The molecule has 15 heavy (non-hydrogen) atoms. The molecule has 2 nitrogen and oxygen atoms in total. The molecule has 78 valence electrons. The van der Waals surface area contributed by atoms with Gasteiger partial charge >= 0.3 is 0 Å². The van der Waals surface area contributed by atoms with Crippen LogP contribution in [0.4, 0.5) is 0 Å². The SMILES string of the molecule is Cc1ccc(-c2ccc(CN)[nH]2)c(C)c1. The van der Waals surface area contributed by atoms with E-state index < -0.39 is 0 Å². The van der Waals surface area contributed by atoms with E-state index in [1.54, 1.807) is 0 Å². The van der Waals surface area contributed by atoms with Crippen LogP contribution in [0, 0.1) is 13.8 Å². The minimum Gasteiger partial charge on any atom is -0.357 e. The summed E-state index contributed by atoms with van der Waals surface area (Å²) in [7, 11) is 0. The fraction of sp³-hybridized carbons (Fsp3) is 0.231. The number of H-pyrrole nitrogens is 1. The van der Waals surface area contributed by atoms with Gasteiger partial charge in [-0.3, -0.25) is 0 Å². The Morgan fingerprint density at radius 3 is 2.53 bits per heavy atom. The molecule has 0 amide bonds. The number of aromatic nitrogens is 1. The molecule has 0 aliphatic carbocycles. The molecule has 0 bridgehead atoms. The van der Waals surface area contributed by atoms with Crippen molar-refractivity contribution in [2.75, 3.05) is 0 Å². The molecule has 2 aromatic rings. The van der Waals surface area contributed by atoms with E-state index in [1.165, 1.54) is 16.7 Å². The summed E-state index contributed by atoms with van der Waals surface area (Å²) in [6.07, 6.45) is 0. The number of nitrogens with one attached hydrogen (secondary N) is 1. The average molecular weight is 200 g/mol. The van der Waals surface area contributed by atoms with E-state index in [0.717, 1.165) is 11.4 Å². The first kappa shape index (κ1) is 9.99. The molecular weight excluding hydrogens is 184 g/mol. The molecule has 0 saturated heterocycles. The van der Waals surface area contributed by atoms with Crippen LogP contribution < -0.4 is 5.73 Å². The molecule has 3 N–H and O–H groups in total. The van der Waals surface area contributed by atoms with E-state index in [9.17, 15) is 0 Å². The summed E-state index contributed by atoms with van der Waals surface area (Å²) >= 11 is 0. The third-order valence-electron chi connectivity index (χ3n) is 2.64. The predicted octanol–water partition coefficient (Wildman–Crippen LogP) is 2.76. The lowest BCUT2D eigenvalue weighted by Crippen LogP contribution is -1.95. The second kappa shape index (κ2) is 3.91. The van der Waals surface area contributed by atoms with Gasteiger partial charge in [-0.15, -0.1) is 0 Å². The lowest BCUT2D eigenvalue weighted by Gasteiger charge is -2.04. The van der Waals surface area contributed by atoms with Crippen molar-refractivity contribution in [1.29, 1.82) is 0 Å². The molecule has 1 aromatic heterocycles. The fourth-order valence-electron chi connectivity index (χ4n) is 1.83. The van der Waals surface area contributed by atoms with Crippen LogP contribution in [0.3, 0.4) is 0 Å². The van der Waals surface area contributed by atoms with Gasteiger partial charge in [0.05, 0.1) is 0 Å². The number of aryl methyl sites for hydroxylation is 2. The molecule has 2 heteroatoms. The van der Waals surface area contributed by atoms with E-state index >= 15 is 0 Å². The Hall–Kier alpha value is -1.54. The summed E-state index contributed by atoms with van der Waals surface area (Å²) in [6.45, 7) is 4.80. The number of nitrogens with two attached hydrogens (primary N) is 1. The summed E-state index contributed by atoms with van der Waals surface area (Å²) in [4.78, 5) is 3.31. The number of hydrogen-bond acceptors (Lipinski definition) is 1. The normalized spacial score (nSPS) is 10.6. The van der Waals surface area contributed by atoms with E-state index in [4.69, 9.17) is 5.73 Å². The van der Waals surface area contributed by atoms with Crippen LogP contribution >= 0.6 is 0 Å². The van der Waals surface area contributed by atoms with Crippen molar-refractivity contribution in [3.05, 3.63) is 47.2 Å². The van der Waals surface area contributed by atoms with E-state index in [0.29, 0.717) is 6.54 Å². The van der Waals surface area contributed by atoms with Gasteiger partial charge in [0.25, 0.3) is 0 Å². The van der Waals surface area contributed by atoms with Crippen LogP contribution in [0.2, 0.25) is 0 Å². The summed E-state index contributed by atoms with van der Waals surface area (Å²) in [5, 5.41) is 0. The molecule has 0 saturated carbocycles. The van der Waals surface area contributed by atoms with Crippen LogP contribution in [-0.4, -0.2) is 4.98 Å². The van der Waals surface area contributed by atoms with Gasteiger partial charge in [0, 0.05) is 23.5 Å². The number of rotatable bonds is 2. The summed E-state index contributed by atoms with van der Waals surface area (Å²) in [5.74, 6) is 0. The van der Waals surface area contributed by atoms with E-state index in [1.807, 2.05) is 6.07 Å². The monoisotopic (exact) mass is 200 g/mol. The molecular formula is C13H16N2. The smallest absolute Gasteiger partial charge is 0.0459 e. The zero-order chi connectivity index (χ0) is 10.8. The van der Waals surface area contributed by atoms with Crippen LogP contribution in [0.1, 0.15) is 16.8 Å². The van der Waals surface area contributed by atoms with Crippen LogP contribution in [0.25, 0.3) is 11.3 Å². The average Bonchev–Trinajstić information content (AvgIpc) is 2.66. The first-order chi connectivity index (χ1) is 7.20. The standard InChI is InChI=1S/C13H16N2/c1-9-3-5-12(10(2)7-9)13-6-4-11(8-14)15-13/h3-7,15H,8,14H2,1-2H3. The van der Waals surface area contributed by atoms with Crippen LogP contribution in [-0.2, 0) is 6.54 Å². The van der Waals surface area contributed by atoms with Gasteiger partial charge in [0.2, 0.25) is 0 Å². The molecule has 2 rings (SSSR count). The van der Waals surface area contributed by atoms with Gasteiger partial charge in [-0.2, -0.15) is 0 Å². The second-order valence-electron chi connectivity index (χ2n) is 3.92. The molecule has 1 aromatic carbocycles. The van der Waals surface area contributed by atoms with Crippen molar-refractivity contribution in [3.63, 3.8) is 0 Å². The molecule has 1 heterocycles. The fourth-order valence-corrected chi connectivity index (χ4v) is 1.83. The highest BCUT2D eigenvalue weighted by atomic mass is 14.8. The summed E-state index contributed by atoms with van der Waals surface area (Å²) < 4.78 is 0. The Bertz CT molecular complexity index is 469. The zero-order valence-corrected chi connectivity index (χ0v) is 9.17. The highest BCUT2D eigenvalue weighted by molar-refractivity contribution is 5.64. The first-order valence-corrected chi connectivity index (χ1v) is 5.16. The molecule has 0 atom stereocenters. The predicted molar refractivity (Wildman–Crippen MR) is 63.6 cm³/mol. The van der Waals surface area contributed by atoms with E-state index in [2.05, 4.69) is 43.1 Å². The minimum atomic E-state index is 0.560.